The maximum absolute atomic E-state index is 13.4. The summed E-state index contributed by atoms with van der Waals surface area (Å²) >= 11 is 0. The standard InChI is InChI=1S/C24H36N6O2/c1-16-9-11-17(12-10-16)26-23-25-15-18-21(28-23)30-20-8-6-7-19(27-20)24(2,32)13-4-3-5-14-29(30)22(18)31/h3,5,9-12,18-21,23,25-28,32H,4,6-8,13-15H2,1-2H3/b5-3-. The second-order valence-electron chi connectivity index (χ2n) is 9.90. The smallest absolute Gasteiger partial charge is 0.244 e. The molecule has 5 N–H and O–H groups in total. The highest BCUT2D eigenvalue weighted by atomic mass is 16.3. The van der Waals surface area contributed by atoms with Crippen LogP contribution in [0.3, 0.4) is 0 Å². The van der Waals surface area contributed by atoms with Crippen LogP contribution in [0.5, 0.6) is 0 Å². The van der Waals surface area contributed by atoms with Gasteiger partial charge in [0.15, 0.2) is 0 Å². The molecule has 4 heterocycles. The molecule has 8 nitrogen and oxygen atoms in total. The molecule has 4 aliphatic heterocycles. The van der Waals surface area contributed by atoms with E-state index >= 15 is 0 Å². The van der Waals surface area contributed by atoms with Crippen molar-refractivity contribution in [3.63, 3.8) is 0 Å². The van der Waals surface area contributed by atoms with Crippen LogP contribution >= 0.6 is 0 Å². The van der Waals surface area contributed by atoms with Gasteiger partial charge in [-0.1, -0.05) is 29.8 Å². The molecule has 0 saturated carbocycles. The number of aryl methyl sites for hydroxylation is 1. The zero-order chi connectivity index (χ0) is 22.3. The quantitative estimate of drug-likeness (QED) is 0.445. The Hall–Kier alpha value is -1.97. The van der Waals surface area contributed by atoms with Crippen LogP contribution in [0.25, 0.3) is 0 Å². The minimum atomic E-state index is -0.765. The van der Waals surface area contributed by atoms with Crippen LogP contribution in [0.15, 0.2) is 36.4 Å². The molecule has 1 amide bonds. The van der Waals surface area contributed by atoms with Crippen molar-refractivity contribution < 1.29 is 9.90 Å². The molecule has 8 heteroatoms. The van der Waals surface area contributed by atoms with Gasteiger partial charge in [0.2, 0.25) is 5.91 Å². The number of piperidine rings is 1. The van der Waals surface area contributed by atoms with E-state index < -0.39 is 5.60 Å². The van der Waals surface area contributed by atoms with Crippen molar-refractivity contribution in [3.8, 4) is 0 Å². The average molecular weight is 441 g/mol. The lowest BCUT2D eigenvalue weighted by molar-refractivity contribution is -0.146. The number of anilines is 1. The van der Waals surface area contributed by atoms with Gasteiger partial charge in [0, 0.05) is 18.3 Å². The predicted octanol–water partition coefficient (Wildman–Crippen LogP) is 1.45. The fourth-order valence-corrected chi connectivity index (χ4v) is 5.55. The summed E-state index contributed by atoms with van der Waals surface area (Å²) in [4.78, 5) is 13.4. The Balaban J connectivity index is 1.39. The van der Waals surface area contributed by atoms with Crippen LogP contribution in [-0.4, -0.2) is 64.4 Å². The van der Waals surface area contributed by atoms with Gasteiger partial charge < -0.3 is 10.4 Å². The number of amides is 1. The molecular formula is C24H36N6O2. The van der Waals surface area contributed by atoms with Crippen molar-refractivity contribution in [3.05, 3.63) is 42.0 Å². The van der Waals surface area contributed by atoms with Gasteiger partial charge in [-0.05, 0) is 58.1 Å². The number of benzene rings is 1. The number of fused-ring (bicyclic) bond motifs is 6. The van der Waals surface area contributed by atoms with Gasteiger partial charge in [-0.2, -0.15) is 5.01 Å². The Morgan fingerprint density at radius 2 is 1.97 bits per heavy atom. The number of rotatable bonds is 2. The highest BCUT2D eigenvalue weighted by molar-refractivity contribution is 5.82. The van der Waals surface area contributed by atoms with Gasteiger partial charge in [0.05, 0.1) is 30.4 Å². The number of allylic oxidation sites excluding steroid dienone is 1. The summed E-state index contributed by atoms with van der Waals surface area (Å²) in [5.74, 6) is 0.00783. The molecule has 3 saturated heterocycles. The van der Waals surface area contributed by atoms with Crippen molar-refractivity contribution in [2.45, 2.75) is 76.2 Å². The van der Waals surface area contributed by atoms with Crippen molar-refractivity contribution >= 4 is 11.6 Å². The fourth-order valence-electron chi connectivity index (χ4n) is 5.55. The molecule has 3 fully saturated rings. The summed E-state index contributed by atoms with van der Waals surface area (Å²) < 4.78 is 0. The van der Waals surface area contributed by atoms with E-state index in [1.165, 1.54) is 5.56 Å². The number of hydrogen-bond acceptors (Lipinski definition) is 7. The maximum atomic E-state index is 13.4. The number of hydrazine groups is 1. The van der Waals surface area contributed by atoms with E-state index in [4.69, 9.17) is 0 Å². The number of nitrogens with one attached hydrogen (secondary N) is 4. The largest absolute Gasteiger partial charge is 0.389 e. The minimum absolute atomic E-state index is 0.0105. The lowest BCUT2D eigenvalue weighted by atomic mass is 9.85. The first-order chi connectivity index (χ1) is 15.4. The van der Waals surface area contributed by atoms with Gasteiger partial charge >= 0.3 is 0 Å². The first-order valence-electron chi connectivity index (χ1n) is 12.0. The maximum Gasteiger partial charge on any atom is 0.244 e. The topological polar surface area (TPSA) is 91.9 Å². The van der Waals surface area contributed by atoms with Gasteiger partial charge in [-0.25, -0.2) is 0 Å². The summed E-state index contributed by atoms with van der Waals surface area (Å²) in [5.41, 5.74) is 1.49. The summed E-state index contributed by atoms with van der Waals surface area (Å²) in [6.45, 7) is 5.20. The molecule has 0 radical (unpaired) electrons. The lowest BCUT2D eigenvalue weighted by Crippen LogP contribution is -2.69. The summed E-state index contributed by atoms with van der Waals surface area (Å²) in [6, 6.07) is 8.35. The molecule has 1 aromatic carbocycles. The third-order valence-corrected chi connectivity index (χ3v) is 7.45. The van der Waals surface area contributed by atoms with Gasteiger partial charge in [-0.3, -0.25) is 25.8 Å². The van der Waals surface area contributed by atoms with E-state index in [-0.39, 0.29) is 36.5 Å². The highest BCUT2D eigenvalue weighted by Gasteiger charge is 2.52. The second kappa shape index (κ2) is 8.76. The summed E-state index contributed by atoms with van der Waals surface area (Å²) in [6.07, 6.45) is 8.41. The molecule has 0 spiro atoms. The van der Waals surface area contributed by atoms with E-state index in [2.05, 4.69) is 69.6 Å². The first-order valence-corrected chi connectivity index (χ1v) is 12.0. The monoisotopic (exact) mass is 440 g/mol. The Morgan fingerprint density at radius 3 is 2.78 bits per heavy atom. The van der Waals surface area contributed by atoms with Crippen LogP contribution < -0.4 is 21.3 Å². The SMILES string of the molecule is Cc1ccc(NC2NCC3C(=O)N4C/C=C\CCC(C)(O)C5CCCC(N5)N4C3N2)cc1. The Kier molecular flexibility index (Phi) is 5.98. The molecule has 174 valence electrons. The molecule has 1 aromatic rings. The van der Waals surface area contributed by atoms with Crippen LogP contribution in [0.4, 0.5) is 5.69 Å². The summed E-state index contributed by atoms with van der Waals surface area (Å²) in [7, 11) is 0. The third-order valence-electron chi connectivity index (χ3n) is 7.45. The molecule has 32 heavy (non-hydrogen) atoms. The van der Waals surface area contributed by atoms with E-state index in [9.17, 15) is 9.90 Å². The molecule has 0 aromatic heterocycles. The molecule has 6 atom stereocenters. The third kappa shape index (κ3) is 4.18. The molecule has 4 aliphatic rings. The van der Waals surface area contributed by atoms with Crippen molar-refractivity contribution in [1.29, 1.82) is 0 Å². The molecule has 6 unspecified atom stereocenters. The Labute approximate surface area is 190 Å². The van der Waals surface area contributed by atoms with Crippen molar-refractivity contribution in [2.75, 3.05) is 18.4 Å². The van der Waals surface area contributed by atoms with E-state index in [0.29, 0.717) is 13.1 Å². The van der Waals surface area contributed by atoms with Crippen LogP contribution in [0, 0.1) is 12.8 Å². The van der Waals surface area contributed by atoms with Crippen LogP contribution in [0.1, 0.15) is 44.6 Å². The minimum Gasteiger partial charge on any atom is -0.389 e. The zero-order valence-corrected chi connectivity index (χ0v) is 19.1. The number of hydrogen-bond donors (Lipinski definition) is 5. The van der Waals surface area contributed by atoms with Crippen molar-refractivity contribution in [1.82, 2.24) is 26.0 Å². The molecular weight excluding hydrogens is 404 g/mol. The molecule has 5 rings (SSSR count). The van der Waals surface area contributed by atoms with E-state index in [1.807, 2.05) is 11.9 Å². The highest BCUT2D eigenvalue weighted by Crippen LogP contribution is 2.34. The number of carbonyl (C=O) groups excluding carboxylic acids is 1. The van der Waals surface area contributed by atoms with Crippen LogP contribution in [0.2, 0.25) is 0 Å². The molecule has 0 aliphatic carbocycles. The Morgan fingerprint density at radius 1 is 1.16 bits per heavy atom. The number of carbonyl (C=O) groups is 1. The summed E-state index contributed by atoms with van der Waals surface area (Å²) in [5, 5.41) is 29.6. The van der Waals surface area contributed by atoms with E-state index in [0.717, 1.165) is 37.8 Å². The fraction of sp³-hybridized carbons (Fsp3) is 0.625. The predicted molar refractivity (Wildman–Crippen MR) is 124 cm³/mol. The van der Waals surface area contributed by atoms with Gasteiger partial charge in [0.25, 0.3) is 0 Å². The normalized spacial score (nSPS) is 39.0. The number of nitrogens with zero attached hydrogens (tertiary/aromatic N) is 2. The van der Waals surface area contributed by atoms with E-state index in [1.54, 1.807) is 0 Å². The molecule has 2 bridgehead atoms. The zero-order valence-electron chi connectivity index (χ0n) is 19.1. The first kappa shape index (κ1) is 21.9. The number of aliphatic hydroxyl groups is 1. The lowest BCUT2D eigenvalue weighted by Gasteiger charge is -2.47. The Bertz CT molecular complexity index is 857. The van der Waals surface area contributed by atoms with Crippen molar-refractivity contribution in [2.24, 2.45) is 5.92 Å². The van der Waals surface area contributed by atoms with Crippen LogP contribution in [-0.2, 0) is 4.79 Å². The average Bonchev–Trinajstić information content (AvgIpc) is 3.05. The van der Waals surface area contributed by atoms with Gasteiger partial charge in [-0.15, -0.1) is 0 Å². The second-order valence-corrected chi connectivity index (χ2v) is 9.90. The van der Waals surface area contributed by atoms with Gasteiger partial charge in [0.1, 0.15) is 6.29 Å².